The highest BCUT2D eigenvalue weighted by Gasteiger charge is 2.22. The molecule has 6 nitrogen and oxygen atoms in total. The van der Waals surface area contributed by atoms with Gasteiger partial charge in [0.1, 0.15) is 18.1 Å². The van der Waals surface area contributed by atoms with Crippen molar-refractivity contribution in [3.05, 3.63) is 52.7 Å². The molecule has 4 rings (SSSR count). The first-order valence-electron chi connectivity index (χ1n) is 10.1. The predicted octanol–water partition coefficient (Wildman–Crippen LogP) is 5.30. The van der Waals surface area contributed by atoms with E-state index in [2.05, 4.69) is 5.32 Å². The molecule has 1 aliphatic carbocycles. The SMILES string of the molecule is CCOC(=O)Cc1ccc(O)cc1OCc1coc2c(NCC3CC3)cc(Cl)cc12. The number of anilines is 1. The zero-order valence-electron chi connectivity index (χ0n) is 16.7. The van der Waals surface area contributed by atoms with Crippen molar-refractivity contribution in [2.24, 2.45) is 5.92 Å². The third kappa shape index (κ3) is 4.82. The molecule has 0 aliphatic heterocycles. The van der Waals surface area contributed by atoms with Gasteiger partial charge in [-0.2, -0.15) is 0 Å². The highest BCUT2D eigenvalue weighted by atomic mass is 35.5. The molecule has 2 aromatic carbocycles. The Morgan fingerprint density at radius 2 is 2.10 bits per heavy atom. The summed E-state index contributed by atoms with van der Waals surface area (Å²) in [5, 5.41) is 14.8. The van der Waals surface area contributed by atoms with Crippen molar-refractivity contribution in [3.8, 4) is 11.5 Å². The number of ether oxygens (including phenoxy) is 2. The van der Waals surface area contributed by atoms with Gasteiger partial charge >= 0.3 is 5.97 Å². The van der Waals surface area contributed by atoms with Gasteiger partial charge in [-0.25, -0.2) is 0 Å². The van der Waals surface area contributed by atoms with Gasteiger partial charge in [0.05, 0.1) is 25.0 Å². The number of furan rings is 1. The zero-order valence-corrected chi connectivity index (χ0v) is 17.5. The summed E-state index contributed by atoms with van der Waals surface area (Å²) in [5.41, 5.74) is 3.08. The van der Waals surface area contributed by atoms with Crippen LogP contribution < -0.4 is 10.1 Å². The van der Waals surface area contributed by atoms with E-state index in [9.17, 15) is 9.90 Å². The molecule has 1 saturated carbocycles. The summed E-state index contributed by atoms with van der Waals surface area (Å²) in [6, 6.07) is 8.39. The van der Waals surface area contributed by atoms with Crippen molar-refractivity contribution in [2.45, 2.75) is 32.8 Å². The number of hydrogen-bond acceptors (Lipinski definition) is 6. The lowest BCUT2D eigenvalue weighted by molar-refractivity contribution is -0.142. The Kier molecular flexibility index (Phi) is 6.04. The highest BCUT2D eigenvalue weighted by Crippen LogP contribution is 2.35. The van der Waals surface area contributed by atoms with Crippen LogP contribution in [0, 0.1) is 5.92 Å². The summed E-state index contributed by atoms with van der Waals surface area (Å²) in [4.78, 5) is 11.9. The molecule has 0 radical (unpaired) electrons. The fourth-order valence-electron chi connectivity index (χ4n) is 3.32. The fourth-order valence-corrected chi connectivity index (χ4v) is 3.54. The van der Waals surface area contributed by atoms with E-state index in [0.29, 0.717) is 22.9 Å². The molecule has 0 saturated heterocycles. The standard InChI is InChI=1S/C23H24ClNO5/c1-2-28-22(27)7-15-5-6-18(26)10-21(15)29-12-16-13-30-23-19(16)8-17(24)9-20(23)25-11-14-3-4-14/h5-6,8-10,13-14,25-26H,2-4,7,11-12H2,1H3. The molecular weight excluding hydrogens is 406 g/mol. The van der Waals surface area contributed by atoms with E-state index in [-0.39, 0.29) is 24.7 Å². The molecule has 1 heterocycles. The maximum Gasteiger partial charge on any atom is 0.310 e. The van der Waals surface area contributed by atoms with Gasteiger partial charge in [0.2, 0.25) is 0 Å². The summed E-state index contributed by atoms with van der Waals surface area (Å²) >= 11 is 6.33. The van der Waals surface area contributed by atoms with E-state index in [0.717, 1.165) is 34.7 Å². The smallest absolute Gasteiger partial charge is 0.310 e. The topological polar surface area (TPSA) is 80.9 Å². The average molecular weight is 430 g/mol. The number of hydrogen-bond donors (Lipinski definition) is 2. The summed E-state index contributed by atoms with van der Waals surface area (Å²) < 4.78 is 16.8. The minimum absolute atomic E-state index is 0.0595. The van der Waals surface area contributed by atoms with E-state index in [1.807, 2.05) is 12.1 Å². The van der Waals surface area contributed by atoms with Crippen molar-refractivity contribution in [1.29, 1.82) is 0 Å². The van der Waals surface area contributed by atoms with Gasteiger partial charge < -0.3 is 24.3 Å². The molecule has 0 bridgehead atoms. The van der Waals surface area contributed by atoms with Crippen LogP contribution in [0.4, 0.5) is 5.69 Å². The van der Waals surface area contributed by atoms with E-state index in [1.54, 1.807) is 19.3 Å². The molecule has 0 spiro atoms. The third-order valence-electron chi connectivity index (χ3n) is 5.07. The highest BCUT2D eigenvalue weighted by molar-refractivity contribution is 6.31. The lowest BCUT2D eigenvalue weighted by atomic mass is 10.1. The number of rotatable bonds is 9. The Balaban J connectivity index is 1.53. The molecule has 7 heteroatoms. The lowest BCUT2D eigenvalue weighted by Gasteiger charge is -2.12. The van der Waals surface area contributed by atoms with Crippen molar-refractivity contribution in [1.82, 2.24) is 0 Å². The number of phenols is 1. The molecule has 2 N–H and O–H groups in total. The number of esters is 1. The zero-order chi connectivity index (χ0) is 21.1. The van der Waals surface area contributed by atoms with E-state index in [4.69, 9.17) is 25.5 Å². The van der Waals surface area contributed by atoms with Crippen LogP contribution in [0.1, 0.15) is 30.9 Å². The van der Waals surface area contributed by atoms with Crippen LogP contribution in [-0.2, 0) is 22.6 Å². The van der Waals surface area contributed by atoms with Crippen LogP contribution in [-0.4, -0.2) is 24.2 Å². The molecule has 0 amide bonds. The molecule has 1 aromatic heterocycles. The Labute approximate surface area is 179 Å². The van der Waals surface area contributed by atoms with Gasteiger partial charge in [-0.05, 0) is 43.9 Å². The largest absolute Gasteiger partial charge is 0.508 e. The number of phenolic OH excluding ortho intramolecular Hbond substituents is 1. The fraction of sp³-hybridized carbons (Fsp3) is 0.348. The van der Waals surface area contributed by atoms with Gasteiger partial charge in [0, 0.05) is 34.1 Å². The van der Waals surface area contributed by atoms with Crippen molar-refractivity contribution in [2.75, 3.05) is 18.5 Å². The van der Waals surface area contributed by atoms with E-state index >= 15 is 0 Å². The second-order valence-corrected chi connectivity index (χ2v) is 7.91. The molecular formula is C23H24ClNO5. The number of carbonyl (C=O) groups excluding carboxylic acids is 1. The minimum Gasteiger partial charge on any atom is -0.508 e. The van der Waals surface area contributed by atoms with Crippen LogP contribution >= 0.6 is 11.6 Å². The number of halogens is 1. The van der Waals surface area contributed by atoms with Crippen LogP contribution in [0.5, 0.6) is 11.5 Å². The third-order valence-corrected chi connectivity index (χ3v) is 5.29. The summed E-state index contributed by atoms with van der Waals surface area (Å²) in [6.07, 6.45) is 4.23. The molecule has 0 unspecified atom stereocenters. The molecule has 158 valence electrons. The predicted molar refractivity (Wildman–Crippen MR) is 115 cm³/mol. The van der Waals surface area contributed by atoms with E-state index in [1.165, 1.54) is 25.0 Å². The van der Waals surface area contributed by atoms with E-state index < -0.39 is 0 Å². The number of nitrogens with one attached hydrogen (secondary N) is 1. The van der Waals surface area contributed by atoms with Crippen molar-refractivity contribution in [3.63, 3.8) is 0 Å². The van der Waals surface area contributed by atoms with Crippen LogP contribution in [0.25, 0.3) is 11.0 Å². The molecule has 1 fully saturated rings. The number of aromatic hydroxyl groups is 1. The Morgan fingerprint density at radius 1 is 1.27 bits per heavy atom. The van der Waals surface area contributed by atoms with Gasteiger partial charge in [0.25, 0.3) is 0 Å². The second-order valence-electron chi connectivity index (χ2n) is 7.48. The Hall–Kier alpha value is -2.86. The number of fused-ring (bicyclic) bond motifs is 1. The summed E-state index contributed by atoms with van der Waals surface area (Å²) in [6.45, 7) is 3.18. The molecule has 30 heavy (non-hydrogen) atoms. The Bertz CT molecular complexity index is 1060. The summed E-state index contributed by atoms with van der Waals surface area (Å²) in [5.74, 6) is 0.858. The first-order valence-corrected chi connectivity index (χ1v) is 10.4. The molecule has 0 atom stereocenters. The van der Waals surface area contributed by atoms with Gasteiger partial charge in [-0.1, -0.05) is 17.7 Å². The number of carbonyl (C=O) groups is 1. The second kappa shape index (κ2) is 8.88. The van der Waals surface area contributed by atoms with Crippen molar-refractivity contribution >= 4 is 34.2 Å². The Morgan fingerprint density at radius 3 is 2.87 bits per heavy atom. The van der Waals surface area contributed by atoms with Crippen molar-refractivity contribution < 1.29 is 23.8 Å². The number of benzene rings is 2. The first kappa shape index (κ1) is 20.4. The molecule has 1 aliphatic rings. The quantitative estimate of drug-likeness (QED) is 0.449. The van der Waals surface area contributed by atoms with Gasteiger partial charge in [-0.3, -0.25) is 4.79 Å². The van der Waals surface area contributed by atoms with Crippen LogP contribution in [0.2, 0.25) is 5.02 Å². The minimum atomic E-state index is -0.347. The average Bonchev–Trinajstić information content (AvgIpc) is 3.45. The molecule has 3 aromatic rings. The monoisotopic (exact) mass is 429 g/mol. The van der Waals surface area contributed by atoms with Gasteiger partial charge in [-0.15, -0.1) is 0 Å². The van der Waals surface area contributed by atoms with Crippen LogP contribution in [0.15, 0.2) is 41.0 Å². The van der Waals surface area contributed by atoms with Crippen LogP contribution in [0.3, 0.4) is 0 Å². The maximum absolute atomic E-state index is 11.9. The normalized spacial score (nSPS) is 13.4. The van der Waals surface area contributed by atoms with Gasteiger partial charge in [0.15, 0.2) is 5.58 Å². The maximum atomic E-state index is 11.9. The lowest BCUT2D eigenvalue weighted by Crippen LogP contribution is -2.09. The summed E-state index contributed by atoms with van der Waals surface area (Å²) in [7, 11) is 0. The first-order chi connectivity index (χ1) is 14.5.